The van der Waals surface area contributed by atoms with E-state index in [1.807, 2.05) is 30.9 Å². The first-order valence-electron chi connectivity index (χ1n) is 14.0. The summed E-state index contributed by atoms with van der Waals surface area (Å²) >= 11 is 0. The molecule has 0 atom stereocenters. The number of amides is 2. The lowest BCUT2D eigenvalue weighted by Gasteiger charge is -2.36. The number of aliphatic imine (C=N–C) groups is 2. The third-order valence-electron chi connectivity index (χ3n) is 7.67. The molecule has 0 bridgehead atoms. The number of benzene rings is 1. The highest BCUT2D eigenvalue weighted by Gasteiger charge is 2.39. The number of aromatic nitrogens is 1. The van der Waals surface area contributed by atoms with E-state index >= 15 is 4.39 Å². The van der Waals surface area contributed by atoms with Crippen LogP contribution in [-0.4, -0.2) is 78.7 Å². The molecule has 220 valence electrons. The molecule has 2 saturated heterocycles. The number of ether oxygens (including phenoxy) is 1. The number of anilines is 1. The molecule has 0 aliphatic carbocycles. The topological polar surface area (TPSA) is 123 Å². The predicted octanol–water partition coefficient (Wildman–Crippen LogP) is 4.16. The van der Waals surface area contributed by atoms with E-state index in [2.05, 4.69) is 27.0 Å². The van der Waals surface area contributed by atoms with Crippen LogP contribution < -0.4 is 5.32 Å². The van der Waals surface area contributed by atoms with Crippen molar-refractivity contribution in [3.05, 3.63) is 70.2 Å². The van der Waals surface area contributed by atoms with Crippen molar-refractivity contribution in [2.75, 3.05) is 44.7 Å². The fourth-order valence-electron chi connectivity index (χ4n) is 5.04. The number of hydrogen-bond donors (Lipinski definition) is 1. The Morgan fingerprint density at radius 1 is 1.21 bits per heavy atom. The van der Waals surface area contributed by atoms with E-state index in [1.165, 1.54) is 18.5 Å². The Morgan fingerprint density at radius 2 is 1.93 bits per heavy atom. The van der Waals surface area contributed by atoms with E-state index in [9.17, 15) is 9.59 Å². The summed E-state index contributed by atoms with van der Waals surface area (Å²) in [4.78, 5) is 42.7. The van der Waals surface area contributed by atoms with E-state index in [4.69, 9.17) is 10.00 Å². The number of piperidine rings is 1. The quantitative estimate of drug-likeness (QED) is 0.315. The molecule has 11 heteroatoms. The number of halogens is 1. The molecule has 1 aromatic heterocycles. The summed E-state index contributed by atoms with van der Waals surface area (Å²) in [7, 11) is 0. The number of rotatable bonds is 6. The van der Waals surface area contributed by atoms with Crippen molar-refractivity contribution in [2.24, 2.45) is 9.98 Å². The zero-order valence-electron chi connectivity index (χ0n) is 24.3. The van der Waals surface area contributed by atoms with Gasteiger partial charge in [0.2, 0.25) is 5.96 Å². The zero-order chi connectivity index (χ0) is 30.3. The first-order chi connectivity index (χ1) is 20.2. The van der Waals surface area contributed by atoms with Crippen molar-refractivity contribution < 1.29 is 18.7 Å². The fourth-order valence-corrected chi connectivity index (χ4v) is 5.04. The van der Waals surface area contributed by atoms with Gasteiger partial charge in [-0.2, -0.15) is 5.26 Å². The second-order valence-corrected chi connectivity index (χ2v) is 10.4. The molecule has 2 aliphatic heterocycles. The van der Waals surface area contributed by atoms with E-state index in [-0.39, 0.29) is 43.4 Å². The molecule has 42 heavy (non-hydrogen) atoms. The molecule has 2 aromatic rings. The van der Waals surface area contributed by atoms with Gasteiger partial charge in [0, 0.05) is 68.2 Å². The molecule has 3 heterocycles. The Morgan fingerprint density at radius 3 is 2.52 bits per heavy atom. The lowest BCUT2D eigenvalue weighted by atomic mass is 9.89. The Labute approximate surface area is 245 Å². The number of morpholine rings is 1. The number of likely N-dealkylation sites (tertiary alicyclic amines) is 1. The van der Waals surface area contributed by atoms with Crippen molar-refractivity contribution in [3.63, 3.8) is 0 Å². The van der Waals surface area contributed by atoms with E-state index < -0.39 is 5.67 Å². The zero-order valence-corrected chi connectivity index (χ0v) is 24.3. The second-order valence-electron chi connectivity index (χ2n) is 10.4. The van der Waals surface area contributed by atoms with Crippen LogP contribution in [0.1, 0.15) is 59.4 Å². The molecule has 2 amide bonds. The maximum Gasteiger partial charge on any atom is 0.254 e. The molecule has 1 N–H and O–H groups in total. The molecule has 0 unspecified atom stereocenters. The minimum atomic E-state index is -1.67. The van der Waals surface area contributed by atoms with Gasteiger partial charge in [-0.05, 0) is 56.3 Å². The van der Waals surface area contributed by atoms with Crippen LogP contribution in [0.3, 0.4) is 0 Å². The third-order valence-corrected chi connectivity index (χ3v) is 7.67. The van der Waals surface area contributed by atoms with Gasteiger partial charge in [0.05, 0.1) is 24.5 Å². The summed E-state index contributed by atoms with van der Waals surface area (Å²) in [6.07, 6.45) is 3.68. The highest BCUT2D eigenvalue weighted by atomic mass is 19.1. The summed E-state index contributed by atoms with van der Waals surface area (Å²) in [6.45, 7) is 12.0. The minimum Gasteiger partial charge on any atom is -0.378 e. The monoisotopic (exact) mass is 573 g/mol. The Hall–Kier alpha value is -4.43. The van der Waals surface area contributed by atoms with Crippen LogP contribution >= 0.6 is 0 Å². The number of guanidine groups is 1. The van der Waals surface area contributed by atoms with Crippen molar-refractivity contribution in [1.82, 2.24) is 14.8 Å². The van der Waals surface area contributed by atoms with Crippen molar-refractivity contribution in [2.45, 2.75) is 45.7 Å². The SMILES string of the molecule is C=NC(=N/C=C(\C)C(=O)Nc1cc(C(=O)N2CCC(F)(c3ccc(C#N)cn3)CC2)c(C)cc1CC)N1CCOCC1. The van der Waals surface area contributed by atoms with Crippen molar-refractivity contribution in [1.29, 1.82) is 5.26 Å². The number of nitriles is 1. The van der Waals surface area contributed by atoms with Gasteiger partial charge in [0.1, 0.15) is 6.07 Å². The summed E-state index contributed by atoms with van der Waals surface area (Å²) in [5, 5.41) is 11.9. The fraction of sp³-hybridized carbons (Fsp3) is 0.419. The first kappa shape index (κ1) is 30.5. The number of nitrogens with one attached hydrogen (secondary N) is 1. The van der Waals surface area contributed by atoms with Gasteiger partial charge in [0.15, 0.2) is 5.67 Å². The average Bonchev–Trinajstić information content (AvgIpc) is 3.02. The van der Waals surface area contributed by atoms with Crippen LogP contribution in [-0.2, 0) is 21.6 Å². The maximum atomic E-state index is 15.7. The maximum absolute atomic E-state index is 15.7. The van der Waals surface area contributed by atoms with Gasteiger partial charge in [0.25, 0.3) is 11.8 Å². The normalized spacial score (nSPS) is 17.4. The Bertz CT molecular complexity index is 1430. The standard InChI is InChI=1S/C31H36FN7O3/c1-5-24-16-21(2)25(29(41)38-10-8-31(32,9-11-38)27-7-6-23(18-33)20-35-27)17-26(24)37-28(40)22(3)19-36-30(34-4)39-12-14-42-15-13-39/h6-7,16-17,19-20H,4-5,8-15H2,1-3H3,(H,37,40)/b22-19+,36-30?. The van der Waals surface area contributed by atoms with Crippen LogP contribution in [0, 0.1) is 18.3 Å². The van der Waals surface area contributed by atoms with Crippen molar-refractivity contribution in [3.8, 4) is 6.07 Å². The number of hydrogen-bond acceptors (Lipinski definition) is 6. The number of alkyl halides is 1. The van der Waals surface area contributed by atoms with Gasteiger partial charge in [-0.25, -0.2) is 14.4 Å². The predicted molar refractivity (Wildman–Crippen MR) is 159 cm³/mol. The van der Waals surface area contributed by atoms with Gasteiger partial charge in [-0.1, -0.05) is 13.0 Å². The average molecular weight is 574 g/mol. The number of carbonyl (C=O) groups is 2. The van der Waals surface area contributed by atoms with Crippen LogP contribution in [0.25, 0.3) is 0 Å². The minimum absolute atomic E-state index is 0.101. The molecule has 2 aliphatic rings. The first-order valence-corrected chi connectivity index (χ1v) is 14.0. The summed E-state index contributed by atoms with van der Waals surface area (Å²) in [6, 6.07) is 8.69. The molecular weight excluding hydrogens is 537 g/mol. The van der Waals surface area contributed by atoms with Gasteiger partial charge < -0.3 is 19.9 Å². The second kappa shape index (κ2) is 13.5. The molecule has 10 nitrogen and oxygen atoms in total. The van der Waals surface area contributed by atoms with E-state index in [0.29, 0.717) is 61.1 Å². The number of aryl methyl sites for hydroxylation is 2. The smallest absolute Gasteiger partial charge is 0.254 e. The summed E-state index contributed by atoms with van der Waals surface area (Å²) in [5.74, 6) is -0.141. The number of carbonyl (C=O) groups excluding carboxylic acids is 2. The highest BCUT2D eigenvalue weighted by molar-refractivity contribution is 6.05. The lowest BCUT2D eigenvalue weighted by molar-refractivity contribution is -0.112. The Balaban J connectivity index is 1.47. The van der Waals surface area contributed by atoms with Gasteiger partial charge in [-0.15, -0.1) is 0 Å². The lowest BCUT2D eigenvalue weighted by Crippen LogP contribution is -2.43. The molecule has 0 saturated carbocycles. The third kappa shape index (κ3) is 6.89. The van der Waals surface area contributed by atoms with Crippen molar-refractivity contribution >= 4 is 30.2 Å². The highest BCUT2D eigenvalue weighted by Crippen LogP contribution is 2.36. The van der Waals surface area contributed by atoms with E-state index in [1.54, 1.807) is 24.0 Å². The summed E-state index contributed by atoms with van der Waals surface area (Å²) < 4.78 is 21.1. The Kier molecular flexibility index (Phi) is 9.80. The van der Waals surface area contributed by atoms with Crippen LogP contribution in [0.4, 0.5) is 10.1 Å². The molecule has 4 rings (SSSR count). The largest absolute Gasteiger partial charge is 0.378 e. The number of nitrogens with zero attached hydrogens (tertiary/aromatic N) is 6. The molecule has 0 radical (unpaired) electrons. The molecule has 1 aromatic carbocycles. The van der Waals surface area contributed by atoms with Crippen LogP contribution in [0.2, 0.25) is 0 Å². The van der Waals surface area contributed by atoms with Crippen LogP contribution in [0.5, 0.6) is 0 Å². The summed E-state index contributed by atoms with van der Waals surface area (Å²) in [5.41, 5.74) is 2.02. The van der Waals surface area contributed by atoms with E-state index in [0.717, 1.165) is 11.1 Å². The van der Waals surface area contributed by atoms with Gasteiger partial charge >= 0.3 is 0 Å². The molecule has 2 fully saturated rings. The molecule has 0 spiro atoms. The molecular formula is C31H36FN7O3. The number of pyridine rings is 1. The van der Waals surface area contributed by atoms with Gasteiger partial charge in [-0.3, -0.25) is 14.6 Å². The van der Waals surface area contributed by atoms with Crippen LogP contribution in [0.15, 0.2) is 52.2 Å².